The summed E-state index contributed by atoms with van der Waals surface area (Å²) >= 11 is 0. The van der Waals surface area contributed by atoms with E-state index in [0.717, 1.165) is 6.42 Å². The third kappa shape index (κ3) is 2.50. The molecule has 1 aliphatic rings. The molecule has 0 radical (unpaired) electrons. The number of benzene rings is 1. The van der Waals surface area contributed by atoms with Crippen molar-refractivity contribution in [2.75, 3.05) is 12.3 Å². The van der Waals surface area contributed by atoms with Crippen LogP contribution in [0, 0.1) is 6.92 Å². The number of sulfonamides is 1. The van der Waals surface area contributed by atoms with Crippen LogP contribution in [0.2, 0.25) is 0 Å². The zero-order valence-corrected chi connectivity index (χ0v) is 11.1. The van der Waals surface area contributed by atoms with Crippen molar-refractivity contribution in [3.05, 3.63) is 23.8 Å². The first-order valence-corrected chi connectivity index (χ1v) is 7.40. The lowest BCUT2D eigenvalue weighted by atomic mass is 9.81. The largest absolute Gasteiger partial charge is 0.398 e. The van der Waals surface area contributed by atoms with Gasteiger partial charge in [-0.25, -0.2) is 13.1 Å². The maximum Gasteiger partial charge on any atom is 0.242 e. The number of hydrogen-bond acceptors (Lipinski definition) is 4. The number of aliphatic hydroxyl groups is 1. The Morgan fingerprint density at radius 1 is 1.44 bits per heavy atom. The van der Waals surface area contributed by atoms with Crippen LogP contribution in [-0.4, -0.2) is 25.7 Å². The van der Waals surface area contributed by atoms with Gasteiger partial charge in [-0.3, -0.25) is 0 Å². The number of anilines is 1. The maximum atomic E-state index is 12.2. The Morgan fingerprint density at radius 3 is 2.61 bits per heavy atom. The number of aryl methyl sites for hydroxylation is 1. The average Bonchev–Trinajstić information content (AvgIpc) is 2.23. The molecule has 1 fully saturated rings. The molecule has 1 aliphatic carbocycles. The summed E-state index contributed by atoms with van der Waals surface area (Å²) in [5, 5.41) is 9.90. The van der Waals surface area contributed by atoms with E-state index in [4.69, 9.17) is 5.73 Å². The lowest BCUT2D eigenvalue weighted by molar-refractivity contribution is -0.0270. The summed E-state index contributed by atoms with van der Waals surface area (Å²) in [6.45, 7) is 1.74. The van der Waals surface area contributed by atoms with Gasteiger partial charge < -0.3 is 10.8 Å². The molecule has 0 unspecified atom stereocenters. The van der Waals surface area contributed by atoms with Crippen LogP contribution in [0.5, 0.6) is 0 Å². The molecule has 18 heavy (non-hydrogen) atoms. The number of rotatable bonds is 4. The van der Waals surface area contributed by atoms with E-state index in [2.05, 4.69) is 4.72 Å². The minimum Gasteiger partial charge on any atom is -0.398 e. The van der Waals surface area contributed by atoms with Crippen molar-refractivity contribution in [3.8, 4) is 0 Å². The highest BCUT2D eigenvalue weighted by Gasteiger charge is 2.35. The van der Waals surface area contributed by atoms with Crippen LogP contribution < -0.4 is 10.5 Å². The molecule has 5 nitrogen and oxygen atoms in total. The molecule has 1 saturated carbocycles. The second kappa shape index (κ2) is 4.53. The first kappa shape index (κ1) is 13.3. The predicted octanol–water partition coefficient (Wildman–Crippen LogP) is 0.771. The van der Waals surface area contributed by atoms with Gasteiger partial charge in [-0.05, 0) is 37.8 Å². The van der Waals surface area contributed by atoms with E-state index in [1.807, 2.05) is 0 Å². The number of nitrogens with two attached hydrogens (primary N) is 1. The van der Waals surface area contributed by atoms with Gasteiger partial charge >= 0.3 is 0 Å². The van der Waals surface area contributed by atoms with Crippen LogP contribution >= 0.6 is 0 Å². The van der Waals surface area contributed by atoms with Crippen LogP contribution in [0.4, 0.5) is 5.69 Å². The quantitative estimate of drug-likeness (QED) is 0.705. The summed E-state index contributed by atoms with van der Waals surface area (Å²) in [6, 6.07) is 4.96. The molecule has 0 spiro atoms. The molecular weight excluding hydrogens is 252 g/mol. The molecule has 1 aromatic rings. The van der Waals surface area contributed by atoms with Crippen molar-refractivity contribution in [1.29, 1.82) is 0 Å². The Bertz CT molecular complexity index is 530. The smallest absolute Gasteiger partial charge is 0.242 e. The van der Waals surface area contributed by atoms with Crippen molar-refractivity contribution < 1.29 is 13.5 Å². The minimum atomic E-state index is -3.67. The number of hydrogen-bond donors (Lipinski definition) is 3. The second-order valence-electron chi connectivity index (χ2n) is 4.90. The molecule has 0 aliphatic heterocycles. The monoisotopic (exact) mass is 270 g/mol. The molecule has 100 valence electrons. The minimum absolute atomic E-state index is 0.0447. The fourth-order valence-electron chi connectivity index (χ4n) is 2.11. The summed E-state index contributed by atoms with van der Waals surface area (Å²) < 4.78 is 26.8. The standard InChI is InChI=1S/C12H18N2O3S/c1-9-4-2-5-10(13)11(9)18(16,17)14-8-12(15)6-3-7-12/h2,4-5,14-15H,3,6-8,13H2,1H3. The Balaban J connectivity index is 2.20. The Morgan fingerprint density at radius 2 is 2.11 bits per heavy atom. The first-order chi connectivity index (χ1) is 8.34. The van der Waals surface area contributed by atoms with Crippen molar-refractivity contribution in [2.45, 2.75) is 36.7 Å². The van der Waals surface area contributed by atoms with E-state index in [9.17, 15) is 13.5 Å². The van der Waals surface area contributed by atoms with Gasteiger partial charge in [0.15, 0.2) is 0 Å². The van der Waals surface area contributed by atoms with Crippen molar-refractivity contribution in [3.63, 3.8) is 0 Å². The van der Waals surface area contributed by atoms with Gasteiger partial charge in [0, 0.05) is 6.54 Å². The van der Waals surface area contributed by atoms with Crippen LogP contribution in [0.3, 0.4) is 0 Å². The second-order valence-corrected chi connectivity index (χ2v) is 6.60. The lowest BCUT2D eigenvalue weighted by Crippen LogP contribution is -2.47. The number of nitrogen functional groups attached to an aromatic ring is 1. The number of nitrogens with one attached hydrogen (secondary N) is 1. The summed E-state index contributed by atoms with van der Waals surface area (Å²) in [5.74, 6) is 0. The fraction of sp³-hybridized carbons (Fsp3) is 0.500. The molecule has 0 aromatic heterocycles. The molecule has 0 atom stereocenters. The highest BCUT2D eigenvalue weighted by Crippen LogP contribution is 2.31. The van der Waals surface area contributed by atoms with Crippen molar-refractivity contribution in [1.82, 2.24) is 4.72 Å². The van der Waals surface area contributed by atoms with E-state index in [1.54, 1.807) is 25.1 Å². The third-order valence-corrected chi connectivity index (χ3v) is 5.01. The molecule has 1 aromatic carbocycles. The lowest BCUT2D eigenvalue weighted by Gasteiger charge is -2.36. The topological polar surface area (TPSA) is 92.4 Å². The van der Waals surface area contributed by atoms with Gasteiger partial charge in [-0.1, -0.05) is 12.1 Å². The maximum absolute atomic E-state index is 12.2. The van der Waals surface area contributed by atoms with Crippen LogP contribution in [-0.2, 0) is 10.0 Å². The van der Waals surface area contributed by atoms with Crippen molar-refractivity contribution in [2.24, 2.45) is 0 Å². The van der Waals surface area contributed by atoms with Gasteiger partial charge in [0.1, 0.15) is 4.90 Å². The first-order valence-electron chi connectivity index (χ1n) is 5.91. The van der Waals surface area contributed by atoms with E-state index in [-0.39, 0.29) is 17.1 Å². The van der Waals surface area contributed by atoms with Crippen LogP contribution in [0.1, 0.15) is 24.8 Å². The summed E-state index contributed by atoms with van der Waals surface area (Å²) in [4.78, 5) is 0.105. The zero-order valence-electron chi connectivity index (χ0n) is 10.3. The van der Waals surface area contributed by atoms with Gasteiger partial charge in [0.2, 0.25) is 10.0 Å². The third-order valence-electron chi connectivity index (χ3n) is 3.39. The fourth-order valence-corrected chi connectivity index (χ4v) is 3.58. The van der Waals surface area contributed by atoms with Gasteiger partial charge in [0.05, 0.1) is 11.3 Å². The average molecular weight is 270 g/mol. The van der Waals surface area contributed by atoms with E-state index < -0.39 is 15.6 Å². The summed E-state index contributed by atoms with van der Waals surface area (Å²) in [5.41, 5.74) is 5.65. The predicted molar refractivity (Wildman–Crippen MR) is 69.6 cm³/mol. The highest BCUT2D eigenvalue weighted by molar-refractivity contribution is 7.89. The Hall–Kier alpha value is -1.11. The van der Waals surface area contributed by atoms with E-state index in [1.165, 1.54) is 0 Å². The van der Waals surface area contributed by atoms with Crippen LogP contribution in [0.25, 0.3) is 0 Å². The molecular formula is C12H18N2O3S. The molecule has 2 rings (SSSR count). The Labute approximate surface area is 107 Å². The molecule has 0 heterocycles. The molecule has 4 N–H and O–H groups in total. The normalized spacial score (nSPS) is 18.3. The zero-order chi connectivity index (χ0) is 13.4. The van der Waals surface area contributed by atoms with E-state index >= 15 is 0 Å². The summed E-state index contributed by atoms with van der Waals surface area (Å²) in [6.07, 6.45) is 2.21. The van der Waals surface area contributed by atoms with E-state index in [0.29, 0.717) is 18.4 Å². The van der Waals surface area contributed by atoms with Crippen molar-refractivity contribution >= 4 is 15.7 Å². The molecule has 0 bridgehead atoms. The Kier molecular flexibility index (Phi) is 3.35. The van der Waals surface area contributed by atoms with Gasteiger partial charge in [-0.2, -0.15) is 0 Å². The molecule has 0 saturated heterocycles. The molecule has 6 heteroatoms. The van der Waals surface area contributed by atoms with Gasteiger partial charge in [0.25, 0.3) is 0 Å². The van der Waals surface area contributed by atoms with Gasteiger partial charge in [-0.15, -0.1) is 0 Å². The van der Waals surface area contributed by atoms with Crippen LogP contribution in [0.15, 0.2) is 23.1 Å². The highest BCUT2D eigenvalue weighted by atomic mass is 32.2. The summed E-state index contributed by atoms with van der Waals surface area (Å²) in [7, 11) is -3.67. The molecule has 0 amide bonds. The SMILES string of the molecule is Cc1cccc(N)c1S(=O)(=O)NCC1(O)CCC1.